The highest BCUT2D eigenvalue weighted by molar-refractivity contribution is 5.95. The van der Waals surface area contributed by atoms with Crippen LogP contribution < -0.4 is 0 Å². The average Bonchev–Trinajstić information content (AvgIpc) is 3.20. The molecule has 2 N–H and O–H groups in total. The molecule has 0 aliphatic rings. The van der Waals surface area contributed by atoms with Crippen LogP contribution in [-0.4, -0.2) is 47.8 Å². The quantitative estimate of drug-likeness (QED) is 0.676. The summed E-state index contributed by atoms with van der Waals surface area (Å²) in [5.74, 6) is -2.38. The zero-order valence-electron chi connectivity index (χ0n) is 14.0. The van der Waals surface area contributed by atoms with Gasteiger partial charge in [0.25, 0.3) is 0 Å². The molecule has 3 aromatic rings. The highest BCUT2D eigenvalue weighted by Gasteiger charge is 2.15. The summed E-state index contributed by atoms with van der Waals surface area (Å²) < 4.78 is 3.23. The van der Waals surface area contributed by atoms with E-state index in [0.29, 0.717) is 5.69 Å². The Hall–Kier alpha value is -3.75. The van der Waals surface area contributed by atoms with Crippen molar-refractivity contribution >= 4 is 18.2 Å². The van der Waals surface area contributed by atoms with Gasteiger partial charge in [0.2, 0.25) is 0 Å². The SMILES string of the molecule is Cc1cc(/C=N/n2cnnc2)c(C)n1-c1cc(C(=O)O)cc(C(=O)O)c1. The lowest BCUT2D eigenvalue weighted by molar-refractivity contribution is 0.0696. The van der Waals surface area contributed by atoms with E-state index in [1.54, 1.807) is 10.8 Å². The minimum atomic E-state index is -1.19. The molecular weight excluding hydrogens is 338 g/mol. The Morgan fingerprint density at radius 3 is 2.12 bits per heavy atom. The molecule has 3 rings (SSSR count). The lowest BCUT2D eigenvalue weighted by Gasteiger charge is -2.12. The Morgan fingerprint density at radius 2 is 1.58 bits per heavy atom. The van der Waals surface area contributed by atoms with Crippen LogP contribution in [0.2, 0.25) is 0 Å². The van der Waals surface area contributed by atoms with Crippen LogP contribution in [0.15, 0.2) is 42.0 Å². The fourth-order valence-electron chi connectivity index (χ4n) is 2.69. The molecule has 0 radical (unpaired) electrons. The smallest absolute Gasteiger partial charge is 0.335 e. The molecule has 0 atom stereocenters. The summed E-state index contributed by atoms with van der Waals surface area (Å²) in [4.78, 5) is 22.7. The summed E-state index contributed by atoms with van der Waals surface area (Å²) in [5, 5.41) is 30.0. The molecule has 0 amide bonds. The normalized spacial score (nSPS) is 11.2. The number of hydrogen-bond donors (Lipinski definition) is 2. The van der Waals surface area contributed by atoms with E-state index in [-0.39, 0.29) is 11.1 Å². The van der Waals surface area contributed by atoms with Crippen LogP contribution in [-0.2, 0) is 0 Å². The molecule has 0 spiro atoms. The van der Waals surface area contributed by atoms with Gasteiger partial charge in [-0.1, -0.05) is 0 Å². The summed E-state index contributed by atoms with van der Waals surface area (Å²) in [5.41, 5.74) is 2.68. The first kappa shape index (κ1) is 17.1. The van der Waals surface area contributed by atoms with Crippen molar-refractivity contribution in [1.29, 1.82) is 0 Å². The molecule has 132 valence electrons. The third-order valence-electron chi connectivity index (χ3n) is 3.88. The highest BCUT2D eigenvalue weighted by atomic mass is 16.4. The van der Waals surface area contributed by atoms with Gasteiger partial charge in [-0.3, -0.25) is 0 Å². The maximum Gasteiger partial charge on any atom is 0.335 e. The number of aromatic nitrogens is 4. The van der Waals surface area contributed by atoms with Crippen molar-refractivity contribution in [3.63, 3.8) is 0 Å². The van der Waals surface area contributed by atoms with E-state index in [1.807, 2.05) is 19.9 Å². The van der Waals surface area contributed by atoms with Gasteiger partial charge in [0.15, 0.2) is 0 Å². The van der Waals surface area contributed by atoms with Gasteiger partial charge in [0.1, 0.15) is 12.7 Å². The summed E-state index contributed by atoms with van der Waals surface area (Å²) in [7, 11) is 0. The average molecular weight is 353 g/mol. The van der Waals surface area contributed by atoms with Gasteiger partial charge in [-0.25, -0.2) is 14.3 Å². The first-order chi connectivity index (χ1) is 12.4. The first-order valence-corrected chi connectivity index (χ1v) is 7.57. The van der Waals surface area contributed by atoms with Crippen LogP contribution in [0.5, 0.6) is 0 Å². The minimum Gasteiger partial charge on any atom is -0.478 e. The predicted molar refractivity (Wildman–Crippen MR) is 92.2 cm³/mol. The monoisotopic (exact) mass is 353 g/mol. The molecule has 0 aliphatic carbocycles. The van der Waals surface area contributed by atoms with Crippen molar-refractivity contribution < 1.29 is 19.8 Å². The van der Waals surface area contributed by atoms with Gasteiger partial charge in [-0.2, -0.15) is 5.10 Å². The highest BCUT2D eigenvalue weighted by Crippen LogP contribution is 2.22. The van der Waals surface area contributed by atoms with Crippen LogP contribution in [0, 0.1) is 13.8 Å². The summed E-state index contributed by atoms with van der Waals surface area (Å²) >= 11 is 0. The lowest BCUT2D eigenvalue weighted by Crippen LogP contribution is -2.07. The molecule has 0 saturated heterocycles. The number of carboxylic acids is 2. The van der Waals surface area contributed by atoms with Crippen LogP contribution in [0.1, 0.15) is 37.7 Å². The third-order valence-corrected chi connectivity index (χ3v) is 3.88. The van der Waals surface area contributed by atoms with Crippen molar-refractivity contribution in [3.05, 3.63) is 65.0 Å². The molecule has 9 heteroatoms. The number of benzene rings is 1. The molecule has 0 unspecified atom stereocenters. The van der Waals surface area contributed by atoms with Crippen LogP contribution >= 0.6 is 0 Å². The molecule has 2 aromatic heterocycles. The Bertz CT molecular complexity index is 986. The number of aryl methyl sites for hydroxylation is 1. The van der Waals surface area contributed by atoms with Crippen molar-refractivity contribution in [2.24, 2.45) is 5.10 Å². The largest absolute Gasteiger partial charge is 0.478 e. The third kappa shape index (κ3) is 3.22. The second kappa shape index (κ2) is 6.63. The van der Waals surface area contributed by atoms with Crippen molar-refractivity contribution in [3.8, 4) is 5.69 Å². The van der Waals surface area contributed by atoms with Crippen molar-refractivity contribution in [2.45, 2.75) is 13.8 Å². The first-order valence-electron chi connectivity index (χ1n) is 7.57. The Balaban J connectivity index is 2.10. The van der Waals surface area contributed by atoms with Crippen LogP contribution in [0.4, 0.5) is 0 Å². The van der Waals surface area contributed by atoms with Gasteiger partial charge >= 0.3 is 11.9 Å². The molecule has 0 saturated carbocycles. The van der Waals surface area contributed by atoms with E-state index in [9.17, 15) is 19.8 Å². The Morgan fingerprint density at radius 1 is 1.00 bits per heavy atom. The Kier molecular flexibility index (Phi) is 4.36. The Labute approximate surface area is 147 Å². The van der Waals surface area contributed by atoms with Gasteiger partial charge in [0, 0.05) is 22.6 Å². The summed E-state index contributed by atoms with van der Waals surface area (Å²) in [6, 6.07) is 5.89. The number of nitrogens with zero attached hydrogens (tertiary/aromatic N) is 5. The van der Waals surface area contributed by atoms with E-state index in [0.717, 1.165) is 23.0 Å². The van der Waals surface area contributed by atoms with Gasteiger partial charge in [0.05, 0.1) is 17.3 Å². The second-order valence-electron chi connectivity index (χ2n) is 5.63. The fraction of sp³-hybridized carbons (Fsp3) is 0.118. The molecule has 0 bridgehead atoms. The zero-order chi connectivity index (χ0) is 18.8. The molecule has 26 heavy (non-hydrogen) atoms. The van der Waals surface area contributed by atoms with Crippen molar-refractivity contribution in [1.82, 2.24) is 19.4 Å². The van der Waals surface area contributed by atoms with Crippen LogP contribution in [0.3, 0.4) is 0 Å². The van der Waals surface area contributed by atoms with Crippen molar-refractivity contribution in [2.75, 3.05) is 0 Å². The van der Waals surface area contributed by atoms with E-state index in [2.05, 4.69) is 15.3 Å². The fourth-order valence-corrected chi connectivity index (χ4v) is 2.69. The summed E-state index contributed by atoms with van der Waals surface area (Å²) in [6.07, 6.45) is 4.53. The molecular formula is C17H15N5O4. The van der Waals surface area contributed by atoms with E-state index >= 15 is 0 Å². The molecule has 9 nitrogen and oxygen atoms in total. The van der Waals surface area contributed by atoms with Gasteiger partial charge < -0.3 is 14.8 Å². The van der Waals surface area contributed by atoms with Gasteiger partial charge in [-0.05, 0) is 38.1 Å². The van der Waals surface area contributed by atoms with Gasteiger partial charge in [-0.15, -0.1) is 10.2 Å². The topological polar surface area (TPSA) is 123 Å². The standard InChI is InChI=1S/C17H15N5O4/c1-10-3-14(7-20-21-8-18-19-9-21)11(2)22(10)15-5-12(16(23)24)4-13(6-15)17(25)26/h3-9H,1-2H3,(H,23,24)(H,25,26)/b20-7+. The number of rotatable bonds is 5. The minimum absolute atomic E-state index is 0.0906. The maximum absolute atomic E-state index is 11.3. The molecule has 0 aliphatic heterocycles. The van der Waals surface area contributed by atoms with Crippen LogP contribution in [0.25, 0.3) is 5.69 Å². The maximum atomic E-state index is 11.3. The molecule has 2 heterocycles. The number of carbonyl (C=O) groups is 2. The zero-order valence-corrected chi connectivity index (χ0v) is 14.0. The second-order valence-corrected chi connectivity index (χ2v) is 5.63. The number of aromatic carboxylic acids is 2. The lowest BCUT2D eigenvalue weighted by atomic mass is 10.1. The summed E-state index contributed by atoms with van der Waals surface area (Å²) in [6.45, 7) is 3.69. The molecule has 1 aromatic carbocycles. The molecule has 0 fully saturated rings. The van der Waals surface area contributed by atoms with E-state index in [1.165, 1.54) is 29.5 Å². The number of carboxylic acid groups (broad SMARTS) is 2. The van der Waals surface area contributed by atoms with E-state index in [4.69, 9.17) is 0 Å². The predicted octanol–water partition coefficient (Wildman–Crippen LogP) is 1.96. The van der Waals surface area contributed by atoms with E-state index < -0.39 is 11.9 Å². The number of hydrogen-bond acceptors (Lipinski definition) is 5.